The molecule has 1 aromatic heterocycles. The van der Waals surface area contributed by atoms with E-state index in [0.717, 1.165) is 43.6 Å². The number of alkyl halides is 3. The Balaban J connectivity index is 1.29. The lowest BCUT2D eigenvalue weighted by Crippen LogP contribution is -2.39. The first-order chi connectivity index (χ1) is 19.5. The lowest BCUT2D eigenvalue weighted by atomic mass is 10.0. The van der Waals surface area contributed by atoms with Crippen molar-refractivity contribution in [2.75, 3.05) is 23.7 Å². The smallest absolute Gasteiger partial charge is 0.416 e. The van der Waals surface area contributed by atoms with Gasteiger partial charge in [-0.3, -0.25) is 15.0 Å². The molecule has 41 heavy (non-hydrogen) atoms. The molecule has 1 fully saturated rings. The number of carbonyl (C=O) groups is 1. The minimum absolute atomic E-state index is 0.0389. The van der Waals surface area contributed by atoms with Crippen molar-refractivity contribution in [1.29, 1.82) is 0 Å². The average Bonchev–Trinajstić information content (AvgIpc) is 2.94. The zero-order valence-corrected chi connectivity index (χ0v) is 21.6. The third-order valence-electron chi connectivity index (χ3n) is 6.89. The number of nitro groups is 1. The van der Waals surface area contributed by atoms with E-state index in [1.807, 2.05) is 0 Å². The number of halogens is 3. The Kier molecular flexibility index (Phi) is 7.70. The minimum atomic E-state index is -4.36. The highest BCUT2D eigenvalue weighted by atomic mass is 19.4. The second-order valence-corrected chi connectivity index (χ2v) is 9.75. The molecule has 4 aromatic rings. The molecule has 3 aromatic carbocycles. The maximum absolute atomic E-state index is 12.8. The number of nitrogens with zero attached hydrogens (tertiary/aromatic N) is 4. The van der Waals surface area contributed by atoms with E-state index in [1.165, 1.54) is 36.4 Å². The summed E-state index contributed by atoms with van der Waals surface area (Å²) in [6.45, 7) is 1.99. The SMILES string of the molecule is O=C(O)c1ccc(Nc2nc(NC3CCN(Cc4ccc(C(F)(F)F)cc4)CC3)nc3ccc([N+](=O)[O-])cc23)cc1. The van der Waals surface area contributed by atoms with Gasteiger partial charge in [-0.2, -0.15) is 18.2 Å². The summed E-state index contributed by atoms with van der Waals surface area (Å²) in [4.78, 5) is 33.4. The molecular weight excluding hydrogens is 541 g/mol. The Morgan fingerprint density at radius 3 is 2.32 bits per heavy atom. The Hall–Kier alpha value is -4.78. The average molecular weight is 567 g/mol. The molecule has 2 heterocycles. The number of benzene rings is 3. The zero-order chi connectivity index (χ0) is 29.1. The number of fused-ring (bicyclic) bond motifs is 1. The van der Waals surface area contributed by atoms with Gasteiger partial charge in [0.25, 0.3) is 5.69 Å². The van der Waals surface area contributed by atoms with Crippen LogP contribution in [0.1, 0.15) is 34.3 Å². The van der Waals surface area contributed by atoms with E-state index in [1.54, 1.807) is 18.2 Å². The van der Waals surface area contributed by atoms with Crippen molar-refractivity contribution >= 4 is 40.0 Å². The number of hydrogen-bond acceptors (Lipinski definition) is 8. The van der Waals surface area contributed by atoms with Gasteiger partial charge < -0.3 is 15.7 Å². The van der Waals surface area contributed by atoms with Crippen molar-refractivity contribution in [2.45, 2.75) is 31.6 Å². The fourth-order valence-electron chi connectivity index (χ4n) is 4.70. The highest BCUT2D eigenvalue weighted by Gasteiger charge is 2.30. The highest BCUT2D eigenvalue weighted by molar-refractivity contribution is 5.93. The normalized spacial score (nSPS) is 14.6. The quantitative estimate of drug-likeness (QED) is 0.171. The number of nitro benzene ring substituents is 1. The van der Waals surface area contributed by atoms with Crippen LogP contribution in [0.25, 0.3) is 10.9 Å². The van der Waals surface area contributed by atoms with E-state index in [2.05, 4.69) is 25.5 Å². The van der Waals surface area contributed by atoms with Gasteiger partial charge in [0.15, 0.2) is 0 Å². The first kappa shape index (κ1) is 27.8. The van der Waals surface area contributed by atoms with Crippen LogP contribution in [0.4, 0.5) is 36.3 Å². The maximum atomic E-state index is 12.8. The molecular formula is C28H25F3N6O4. The molecule has 0 atom stereocenters. The lowest BCUT2D eigenvalue weighted by Gasteiger charge is -2.32. The van der Waals surface area contributed by atoms with Crippen LogP contribution >= 0.6 is 0 Å². The number of nitrogens with one attached hydrogen (secondary N) is 2. The predicted octanol–water partition coefficient (Wildman–Crippen LogP) is 6.08. The van der Waals surface area contributed by atoms with E-state index in [4.69, 9.17) is 5.11 Å². The van der Waals surface area contributed by atoms with Crippen LogP contribution in [0.5, 0.6) is 0 Å². The number of aromatic carboxylic acids is 1. The molecule has 13 heteroatoms. The second-order valence-electron chi connectivity index (χ2n) is 9.75. The van der Waals surface area contributed by atoms with Gasteiger partial charge in [-0.1, -0.05) is 12.1 Å². The molecule has 0 amide bonds. The fraction of sp³-hybridized carbons (Fsp3) is 0.250. The number of carboxylic acid groups (broad SMARTS) is 1. The Labute approximate surface area is 232 Å². The van der Waals surface area contributed by atoms with Gasteiger partial charge in [0.05, 0.1) is 21.6 Å². The van der Waals surface area contributed by atoms with Crippen molar-refractivity contribution in [2.24, 2.45) is 0 Å². The third kappa shape index (κ3) is 6.69. The maximum Gasteiger partial charge on any atom is 0.416 e. The largest absolute Gasteiger partial charge is 0.478 e. The summed E-state index contributed by atoms with van der Waals surface area (Å²) < 4.78 is 38.5. The van der Waals surface area contributed by atoms with E-state index >= 15 is 0 Å². The number of hydrogen-bond donors (Lipinski definition) is 3. The van der Waals surface area contributed by atoms with E-state index in [0.29, 0.717) is 34.9 Å². The van der Waals surface area contributed by atoms with Crippen LogP contribution in [0.3, 0.4) is 0 Å². The van der Waals surface area contributed by atoms with E-state index in [-0.39, 0.29) is 17.3 Å². The molecule has 0 saturated carbocycles. The molecule has 1 aliphatic heterocycles. The monoisotopic (exact) mass is 566 g/mol. The molecule has 0 unspecified atom stereocenters. The molecule has 3 N–H and O–H groups in total. The second kappa shape index (κ2) is 11.4. The molecule has 5 rings (SSSR count). The third-order valence-corrected chi connectivity index (χ3v) is 6.89. The summed E-state index contributed by atoms with van der Waals surface area (Å²) in [5, 5.41) is 27.4. The predicted molar refractivity (Wildman–Crippen MR) is 146 cm³/mol. The molecule has 0 bridgehead atoms. The summed E-state index contributed by atoms with van der Waals surface area (Å²) in [5.41, 5.74) is 1.17. The lowest BCUT2D eigenvalue weighted by molar-refractivity contribution is -0.384. The van der Waals surface area contributed by atoms with Crippen molar-refractivity contribution in [1.82, 2.24) is 14.9 Å². The highest BCUT2D eigenvalue weighted by Crippen LogP contribution is 2.31. The summed E-state index contributed by atoms with van der Waals surface area (Å²) in [5.74, 6) is -0.405. The van der Waals surface area contributed by atoms with Crippen LogP contribution in [-0.4, -0.2) is 50.0 Å². The summed E-state index contributed by atoms with van der Waals surface area (Å²) in [6, 6.07) is 15.6. The Morgan fingerprint density at radius 1 is 1.02 bits per heavy atom. The van der Waals surface area contributed by atoms with Gasteiger partial charge in [0, 0.05) is 48.9 Å². The van der Waals surface area contributed by atoms with Crippen LogP contribution in [-0.2, 0) is 12.7 Å². The number of anilines is 3. The van der Waals surface area contributed by atoms with Crippen LogP contribution in [0.15, 0.2) is 66.7 Å². The first-order valence-electron chi connectivity index (χ1n) is 12.8. The number of rotatable bonds is 8. The summed E-state index contributed by atoms with van der Waals surface area (Å²) >= 11 is 0. The van der Waals surface area contributed by atoms with Gasteiger partial charge in [0.2, 0.25) is 5.95 Å². The van der Waals surface area contributed by atoms with Gasteiger partial charge in [-0.15, -0.1) is 0 Å². The molecule has 1 aliphatic rings. The van der Waals surface area contributed by atoms with E-state index in [9.17, 15) is 28.1 Å². The number of piperidine rings is 1. The van der Waals surface area contributed by atoms with Crippen LogP contribution in [0, 0.1) is 10.1 Å². The topological polar surface area (TPSA) is 134 Å². The standard InChI is InChI=1S/C28H25F3N6O4/c29-28(30,31)19-5-1-17(2-6-19)16-36-13-11-21(12-14-36)33-27-34-24-10-9-22(37(40)41)15-23(24)25(35-27)32-20-7-3-18(4-8-20)26(38)39/h1-10,15,21H,11-14,16H2,(H,38,39)(H2,32,33,34,35). The zero-order valence-electron chi connectivity index (χ0n) is 21.6. The number of non-ortho nitro benzene ring substituents is 1. The molecule has 212 valence electrons. The molecule has 0 aliphatic carbocycles. The molecule has 0 radical (unpaired) electrons. The summed E-state index contributed by atoms with van der Waals surface area (Å²) in [7, 11) is 0. The van der Waals surface area contributed by atoms with Gasteiger partial charge >= 0.3 is 12.1 Å². The van der Waals surface area contributed by atoms with Gasteiger partial charge in [-0.05, 0) is 60.9 Å². The van der Waals surface area contributed by atoms with Crippen LogP contribution < -0.4 is 10.6 Å². The fourth-order valence-corrected chi connectivity index (χ4v) is 4.70. The van der Waals surface area contributed by atoms with Gasteiger partial charge in [0.1, 0.15) is 5.82 Å². The minimum Gasteiger partial charge on any atom is -0.478 e. The van der Waals surface area contributed by atoms with Crippen LogP contribution in [0.2, 0.25) is 0 Å². The van der Waals surface area contributed by atoms with Crippen molar-refractivity contribution in [3.05, 3.63) is 93.5 Å². The van der Waals surface area contributed by atoms with Crippen molar-refractivity contribution in [3.63, 3.8) is 0 Å². The Morgan fingerprint density at radius 2 is 1.71 bits per heavy atom. The van der Waals surface area contributed by atoms with E-state index < -0.39 is 22.6 Å². The molecule has 0 spiro atoms. The number of aromatic nitrogens is 2. The molecule has 1 saturated heterocycles. The number of likely N-dealkylation sites (tertiary alicyclic amines) is 1. The Bertz CT molecular complexity index is 1570. The number of carboxylic acids is 1. The first-order valence-corrected chi connectivity index (χ1v) is 12.8. The summed E-state index contributed by atoms with van der Waals surface area (Å²) in [6.07, 6.45) is -2.86. The van der Waals surface area contributed by atoms with Gasteiger partial charge in [-0.25, -0.2) is 9.78 Å². The van der Waals surface area contributed by atoms with Crippen molar-refractivity contribution < 1.29 is 28.0 Å². The van der Waals surface area contributed by atoms with Crippen molar-refractivity contribution in [3.8, 4) is 0 Å². The molecule has 10 nitrogen and oxygen atoms in total.